The Morgan fingerprint density at radius 3 is 3.00 bits per heavy atom. The Hall–Kier alpha value is -1.77. The highest BCUT2D eigenvalue weighted by Gasteiger charge is 2.30. The summed E-state index contributed by atoms with van der Waals surface area (Å²) in [6.45, 7) is -0.311. The largest absolute Gasteiger partial charge is 0.393 e. The number of anilines is 1. The maximum Gasteiger partial charge on any atom is 0.223 e. The summed E-state index contributed by atoms with van der Waals surface area (Å²) in [4.78, 5) is 11.7. The molecule has 1 aliphatic heterocycles. The van der Waals surface area contributed by atoms with E-state index in [0.717, 1.165) is 0 Å². The van der Waals surface area contributed by atoms with Gasteiger partial charge in [-0.15, -0.1) is 0 Å². The molecular weight excluding hydrogens is 277 g/mol. The second-order valence-electron chi connectivity index (χ2n) is 3.96. The van der Waals surface area contributed by atoms with Crippen LogP contribution in [0.25, 0.3) is 11.2 Å². The summed E-state index contributed by atoms with van der Waals surface area (Å²) in [5.74, 6) is -0.577. The number of aromatic nitrogens is 4. The van der Waals surface area contributed by atoms with E-state index in [2.05, 4.69) is 15.0 Å². The minimum atomic E-state index is -1.03. The summed E-state index contributed by atoms with van der Waals surface area (Å²) in [5, 5.41) is 9.06. The second kappa shape index (κ2) is 4.41. The summed E-state index contributed by atoms with van der Waals surface area (Å²) in [5.41, 5.74) is 6.08. The third kappa shape index (κ3) is 1.93. The molecule has 100 valence electrons. The average molecular weight is 286 g/mol. The van der Waals surface area contributed by atoms with Crippen LogP contribution in [0.4, 0.5) is 10.3 Å². The van der Waals surface area contributed by atoms with Crippen molar-refractivity contribution in [3.8, 4) is 0 Å². The van der Waals surface area contributed by atoms with E-state index < -0.39 is 18.2 Å². The van der Waals surface area contributed by atoms with E-state index >= 15 is 0 Å². The molecule has 2 aromatic rings. The quantitative estimate of drug-likeness (QED) is 0.792. The van der Waals surface area contributed by atoms with Crippen LogP contribution in [0.5, 0.6) is 0 Å². The van der Waals surface area contributed by atoms with Gasteiger partial charge in [0, 0.05) is 0 Å². The van der Waals surface area contributed by atoms with E-state index in [4.69, 9.17) is 27.2 Å². The van der Waals surface area contributed by atoms with Gasteiger partial charge in [-0.3, -0.25) is 4.57 Å². The molecule has 9 heteroatoms. The molecule has 2 aromatic heterocycles. The Labute approximate surface area is 111 Å². The highest BCUT2D eigenvalue weighted by Crippen LogP contribution is 2.32. The third-order valence-corrected chi connectivity index (χ3v) is 2.98. The van der Waals surface area contributed by atoms with Crippen LogP contribution in [0.2, 0.25) is 5.15 Å². The number of aliphatic hydroxyl groups is 1. The van der Waals surface area contributed by atoms with E-state index in [-0.39, 0.29) is 23.4 Å². The second-order valence-corrected chi connectivity index (χ2v) is 4.32. The van der Waals surface area contributed by atoms with E-state index in [1.807, 2.05) is 0 Å². The van der Waals surface area contributed by atoms with Gasteiger partial charge in [0.25, 0.3) is 0 Å². The molecule has 0 saturated heterocycles. The van der Waals surface area contributed by atoms with Crippen molar-refractivity contribution >= 4 is 28.7 Å². The summed E-state index contributed by atoms with van der Waals surface area (Å²) >= 11 is 5.88. The molecule has 0 saturated carbocycles. The van der Waals surface area contributed by atoms with E-state index in [1.165, 1.54) is 17.0 Å². The van der Waals surface area contributed by atoms with Crippen molar-refractivity contribution < 1.29 is 14.2 Å². The molecule has 0 unspecified atom stereocenters. The van der Waals surface area contributed by atoms with Crippen molar-refractivity contribution in [2.45, 2.75) is 12.3 Å². The smallest absolute Gasteiger partial charge is 0.223 e. The van der Waals surface area contributed by atoms with Gasteiger partial charge in [-0.1, -0.05) is 11.6 Å². The first kappa shape index (κ1) is 12.3. The topological polar surface area (TPSA) is 99.1 Å². The third-order valence-electron chi connectivity index (χ3n) is 2.71. The number of imidazole rings is 1. The van der Waals surface area contributed by atoms with Crippen molar-refractivity contribution in [3.05, 3.63) is 23.4 Å². The molecule has 0 spiro atoms. The summed E-state index contributed by atoms with van der Waals surface area (Å²) in [6, 6.07) is 0. The van der Waals surface area contributed by atoms with E-state index in [1.54, 1.807) is 0 Å². The first-order valence-electron chi connectivity index (χ1n) is 5.39. The average Bonchev–Trinajstić information content (AvgIpc) is 2.92. The number of aliphatic hydroxyl groups excluding tert-OH is 1. The Bertz CT molecular complexity index is 673. The molecule has 1 aliphatic rings. The fourth-order valence-corrected chi connectivity index (χ4v) is 2.11. The molecule has 0 fully saturated rings. The van der Waals surface area contributed by atoms with Gasteiger partial charge in [0.1, 0.15) is 17.4 Å². The maximum atomic E-state index is 13.8. The summed E-state index contributed by atoms with van der Waals surface area (Å²) in [7, 11) is 0. The van der Waals surface area contributed by atoms with Gasteiger partial charge in [-0.05, 0) is 6.08 Å². The molecule has 0 amide bonds. The molecule has 3 rings (SSSR count). The highest BCUT2D eigenvalue weighted by molar-refractivity contribution is 6.33. The lowest BCUT2D eigenvalue weighted by Gasteiger charge is -2.14. The molecule has 3 N–H and O–H groups in total. The van der Waals surface area contributed by atoms with Crippen LogP contribution in [-0.2, 0) is 4.74 Å². The van der Waals surface area contributed by atoms with Crippen LogP contribution in [0.15, 0.2) is 18.2 Å². The minimum absolute atomic E-state index is 0.0413. The number of fused-ring (bicyclic) bond motifs is 1. The van der Waals surface area contributed by atoms with Crippen molar-refractivity contribution in [3.63, 3.8) is 0 Å². The number of nitrogens with two attached hydrogens (primary N) is 1. The SMILES string of the molecule is Nc1nc(Cl)c2ncn([C@H]3O[C@@H](CO)C=C3F)c2n1. The molecular formula is C10H9ClFN5O2. The van der Waals surface area contributed by atoms with Crippen LogP contribution in [0.1, 0.15) is 6.23 Å². The molecule has 2 atom stereocenters. The van der Waals surface area contributed by atoms with Crippen molar-refractivity contribution in [2.75, 3.05) is 12.3 Å². The van der Waals surface area contributed by atoms with Gasteiger partial charge < -0.3 is 15.6 Å². The van der Waals surface area contributed by atoms with Crippen molar-refractivity contribution in [2.24, 2.45) is 0 Å². The van der Waals surface area contributed by atoms with Crippen LogP contribution < -0.4 is 5.73 Å². The molecule has 7 nitrogen and oxygen atoms in total. The predicted molar refractivity (Wildman–Crippen MR) is 64.9 cm³/mol. The number of nitrogen functional groups attached to an aromatic ring is 1. The first-order valence-corrected chi connectivity index (χ1v) is 5.77. The molecule has 0 bridgehead atoms. The lowest BCUT2D eigenvalue weighted by atomic mass is 10.3. The maximum absolute atomic E-state index is 13.8. The van der Waals surface area contributed by atoms with Crippen LogP contribution in [-0.4, -0.2) is 37.3 Å². The molecule has 19 heavy (non-hydrogen) atoms. The van der Waals surface area contributed by atoms with Crippen LogP contribution >= 0.6 is 11.6 Å². The Morgan fingerprint density at radius 1 is 1.53 bits per heavy atom. The van der Waals surface area contributed by atoms with Crippen molar-refractivity contribution in [1.82, 2.24) is 19.5 Å². The number of hydrogen-bond acceptors (Lipinski definition) is 6. The fraction of sp³-hybridized carbons (Fsp3) is 0.300. The Morgan fingerprint density at radius 2 is 2.32 bits per heavy atom. The standard InChI is InChI=1S/C10H9ClFN5O2/c11-7-6-8(16-10(13)15-7)17(3-14-6)9-5(12)1-4(2-18)19-9/h1,3-4,9,18H,2H2,(H2,13,15,16)/t4-,9+/m1/s1. The monoisotopic (exact) mass is 285 g/mol. The van der Waals surface area contributed by atoms with E-state index in [9.17, 15) is 4.39 Å². The number of nitrogens with zero attached hydrogens (tertiary/aromatic N) is 4. The molecule has 0 aliphatic carbocycles. The fourth-order valence-electron chi connectivity index (χ4n) is 1.89. The normalized spacial score (nSPS) is 23.0. The highest BCUT2D eigenvalue weighted by atomic mass is 35.5. The van der Waals surface area contributed by atoms with Gasteiger partial charge in [0.2, 0.25) is 5.95 Å². The first-order chi connectivity index (χ1) is 9.10. The minimum Gasteiger partial charge on any atom is -0.393 e. The van der Waals surface area contributed by atoms with Crippen LogP contribution in [0, 0.1) is 0 Å². The van der Waals surface area contributed by atoms with Crippen LogP contribution in [0.3, 0.4) is 0 Å². The van der Waals surface area contributed by atoms with E-state index in [0.29, 0.717) is 5.52 Å². The van der Waals surface area contributed by atoms with Gasteiger partial charge >= 0.3 is 0 Å². The zero-order chi connectivity index (χ0) is 13.6. The Balaban J connectivity index is 2.10. The zero-order valence-electron chi connectivity index (χ0n) is 9.49. The molecule has 3 heterocycles. The van der Waals surface area contributed by atoms with Gasteiger partial charge in [0.05, 0.1) is 12.9 Å². The molecule has 0 radical (unpaired) electrons. The molecule has 0 aromatic carbocycles. The number of rotatable bonds is 2. The lowest BCUT2D eigenvalue weighted by Crippen LogP contribution is -2.16. The number of ether oxygens (including phenoxy) is 1. The predicted octanol–water partition coefficient (Wildman–Crippen LogP) is 0.805. The van der Waals surface area contributed by atoms with Crippen molar-refractivity contribution in [1.29, 1.82) is 0 Å². The summed E-state index contributed by atoms with van der Waals surface area (Å²) in [6.07, 6.45) is 0.801. The number of hydrogen-bond donors (Lipinski definition) is 2. The van der Waals surface area contributed by atoms with Gasteiger partial charge in [0.15, 0.2) is 17.0 Å². The summed E-state index contributed by atoms with van der Waals surface area (Å²) < 4.78 is 20.5. The van der Waals surface area contributed by atoms with Gasteiger partial charge in [-0.2, -0.15) is 9.97 Å². The lowest BCUT2D eigenvalue weighted by molar-refractivity contribution is -0.0174. The number of halogens is 2. The van der Waals surface area contributed by atoms with Gasteiger partial charge in [-0.25, -0.2) is 9.37 Å². The zero-order valence-corrected chi connectivity index (χ0v) is 10.3. The Kier molecular flexibility index (Phi) is 2.85.